The molecule has 2 aliphatic heterocycles. The molecule has 1 amide bonds. The molecule has 0 unspecified atom stereocenters. The Morgan fingerprint density at radius 1 is 1.06 bits per heavy atom. The van der Waals surface area contributed by atoms with E-state index in [2.05, 4.69) is 46.2 Å². The normalized spacial score (nSPS) is 18.2. The Morgan fingerprint density at radius 2 is 1.84 bits per heavy atom. The number of aromatic amines is 1. The Balaban J connectivity index is 1.42. The van der Waals surface area contributed by atoms with Gasteiger partial charge < -0.3 is 19.4 Å². The van der Waals surface area contributed by atoms with E-state index < -0.39 is 0 Å². The number of benzene rings is 1. The van der Waals surface area contributed by atoms with E-state index in [9.17, 15) is 4.79 Å². The molecule has 7 nitrogen and oxygen atoms in total. The molecule has 1 spiro atoms. The van der Waals surface area contributed by atoms with Gasteiger partial charge in [0.25, 0.3) is 5.91 Å². The lowest BCUT2D eigenvalue weighted by Gasteiger charge is -2.49. The van der Waals surface area contributed by atoms with Gasteiger partial charge in [-0.15, -0.1) is 0 Å². The molecule has 31 heavy (non-hydrogen) atoms. The van der Waals surface area contributed by atoms with Crippen molar-refractivity contribution in [3.05, 3.63) is 53.2 Å². The average Bonchev–Trinajstić information content (AvgIpc) is 3.21. The summed E-state index contributed by atoms with van der Waals surface area (Å²) < 4.78 is 10.5. The Kier molecular flexibility index (Phi) is 4.85. The zero-order chi connectivity index (χ0) is 21.6. The number of fused-ring (bicyclic) bond motifs is 4. The van der Waals surface area contributed by atoms with Crippen LogP contribution in [0, 0.1) is 0 Å². The third-order valence-corrected chi connectivity index (χ3v) is 7.05. The van der Waals surface area contributed by atoms with Crippen LogP contribution in [0.15, 0.2) is 36.4 Å². The second-order valence-corrected chi connectivity index (χ2v) is 8.43. The highest BCUT2D eigenvalue weighted by atomic mass is 16.5. The predicted octanol–water partition coefficient (Wildman–Crippen LogP) is 3.20. The van der Waals surface area contributed by atoms with Crippen LogP contribution >= 0.6 is 0 Å². The van der Waals surface area contributed by atoms with Gasteiger partial charge in [-0.2, -0.15) is 4.98 Å². The predicted molar refractivity (Wildman–Crippen MR) is 119 cm³/mol. The monoisotopic (exact) mass is 420 g/mol. The highest BCUT2D eigenvalue weighted by molar-refractivity contribution is 5.96. The number of carbonyl (C=O) groups is 1. The van der Waals surface area contributed by atoms with Crippen molar-refractivity contribution in [3.63, 3.8) is 0 Å². The molecule has 1 N–H and O–H groups in total. The molecular formula is C24H28N4O3. The molecule has 0 atom stereocenters. The number of nitrogens with one attached hydrogen (secondary N) is 1. The summed E-state index contributed by atoms with van der Waals surface area (Å²) in [6, 6.07) is 12.0. The number of likely N-dealkylation sites (N-methyl/N-ethyl adjacent to an activating group) is 1. The number of rotatable bonds is 3. The fraction of sp³-hybridized carbons (Fsp3) is 0.417. The summed E-state index contributed by atoms with van der Waals surface area (Å²) in [6.07, 6.45) is 2.83. The number of pyridine rings is 1. The van der Waals surface area contributed by atoms with Crippen molar-refractivity contribution in [2.45, 2.75) is 24.8 Å². The number of para-hydroxylation sites is 1. The molecule has 0 radical (unpaired) electrons. The quantitative estimate of drug-likeness (QED) is 0.705. The van der Waals surface area contributed by atoms with E-state index in [1.54, 1.807) is 19.2 Å². The van der Waals surface area contributed by atoms with E-state index in [1.807, 2.05) is 4.90 Å². The first-order valence-electron chi connectivity index (χ1n) is 10.8. The molecule has 5 rings (SSSR count). The highest BCUT2D eigenvalue weighted by Gasteiger charge is 2.45. The van der Waals surface area contributed by atoms with Crippen molar-refractivity contribution in [3.8, 4) is 11.8 Å². The molecule has 0 saturated carbocycles. The van der Waals surface area contributed by atoms with Crippen molar-refractivity contribution in [2.24, 2.45) is 0 Å². The van der Waals surface area contributed by atoms with Gasteiger partial charge in [-0.1, -0.05) is 18.2 Å². The lowest BCUT2D eigenvalue weighted by atomic mass is 9.78. The third kappa shape index (κ3) is 3.07. The Labute approximate surface area is 182 Å². The summed E-state index contributed by atoms with van der Waals surface area (Å²) in [7, 11) is 5.28. The second-order valence-electron chi connectivity index (χ2n) is 8.43. The number of likely N-dealkylation sites (tertiary alicyclic amines) is 1. The smallest absolute Gasteiger partial charge is 0.259 e. The van der Waals surface area contributed by atoms with Crippen LogP contribution in [0.4, 0.5) is 0 Å². The van der Waals surface area contributed by atoms with Crippen LogP contribution in [0.3, 0.4) is 0 Å². The molecular weight excluding hydrogens is 392 g/mol. The molecule has 7 heteroatoms. The number of hydrogen-bond donors (Lipinski definition) is 1. The number of amides is 1. The maximum absolute atomic E-state index is 13.3. The van der Waals surface area contributed by atoms with Crippen LogP contribution in [0.25, 0.3) is 10.9 Å². The summed E-state index contributed by atoms with van der Waals surface area (Å²) in [5.41, 5.74) is 4.39. The Bertz CT molecular complexity index is 1130. The molecule has 2 aliphatic rings. The highest BCUT2D eigenvalue weighted by Crippen LogP contribution is 2.44. The fourth-order valence-corrected chi connectivity index (χ4v) is 5.28. The van der Waals surface area contributed by atoms with Gasteiger partial charge in [0.2, 0.25) is 11.8 Å². The van der Waals surface area contributed by atoms with Crippen molar-refractivity contribution < 1.29 is 14.3 Å². The van der Waals surface area contributed by atoms with Gasteiger partial charge in [-0.25, -0.2) is 0 Å². The molecule has 2 aromatic heterocycles. The molecule has 1 saturated heterocycles. The van der Waals surface area contributed by atoms with Crippen LogP contribution in [-0.2, 0) is 12.0 Å². The van der Waals surface area contributed by atoms with E-state index in [-0.39, 0.29) is 11.4 Å². The minimum absolute atomic E-state index is 0.0443. The summed E-state index contributed by atoms with van der Waals surface area (Å²) in [5.74, 6) is 0.690. The molecule has 1 aromatic carbocycles. The number of piperidine rings is 1. The summed E-state index contributed by atoms with van der Waals surface area (Å²) in [4.78, 5) is 25.6. The molecule has 4 heterocycles. The number of carbonyl (C=O) groups excluding carboxylic acids is 1. The lowest BCUT2D eigenvalue weighted by molar-refractivity contribution is 0.0230. The minimum Gasteiger partial charge on any atom is -0.481 e. The van der Waals surface area contributed by atoms with Crippen molar-refractivity contribution >= 4 is 16.8 Å². The largest absolute Gasteiger partial charge is 0.481 e. The second kappa shape index (κ2) is 7.57. The zero-order valence-electron chi connectivity index (χ0n) is 18.3. The summed E-state index contributed by atoms with van der Waals surface area (Å²) >= 11 is 0. The SMILES string of the molecule is COc1ccc(C(=O)N2CCC3(CC2)c2[nH]c4ccccc4c2CCN3C)c(OC)n1. The van der Waals surface area contributed by atoms with Gasteiger partial charge in [0, 0.05) is 42.3 Å². The van der Waals surface area contributed by atoms with Crippen LogP contribution in [0.5, 0.6) is 11.8 Å². The van der Waals surface area contributed by atoms with E-state index in [4.69, 9.17) is 9.47 Å². The molecule has 0 bridgehead atoms. The number of nitrogens with zero attached hydrogens (tertiary/aromatic N) is 3. The topological polar surface area (TPSA) is 70.7 Å². The van der Waals surface area contributed by atoms with E-state index in [0.29, 0.717) is 30.4 Å². The minimum atomic E-state index is -0.0639. The van der Waals surface area contributed by atoms with Crippen molar-refractivity contribution in [1.29, 1.82) is 0 Å². The van der Waals surface area contributed by atoms with Gasteiger partial charge in [0.1, 0.15) is 5.56 Å². The average molecular weight is 421 g/mol. The van der Waals surface area contributed by atoms with Gasteiger partial charge >= 0.3 is 0 Å². The summed E-state index contributed by atoms with van der Waals surface area (Å²) in [6.45, 7) is 2.40. The van der Waals surface area contributed by atoms with Crippen LogP contribution in [-0.4, -0.2) is 66.6 Å². The standard InChI is InChI=1S/C24H28N4O3/c1-27-13-10-17-16-6-4-5-7-19(16)25-21(17)24(27)11-14-28(15-12-24)23(29)18-8-9-20(30-2)26-22(18)31-3/h4-9,25H,10-15H2,1-3H3. The summed E-state index contributed by atoms with van der Waals surface area (Å²) in [5, 5.41) is 1.33. The van der Waals surface area contributed by atoms with Gasteiger partial charge in [-0.05, 0) is 44.0 Å². The Morgan fingerprint density at radius 3 is 2.58 bits per heavy atom. The molecule has 3 aromatic rings. The maximum atomic E-state index is 13.3. The molecule has 1 fully saturated rings. The van der Waals surface area contributed by atoms with Gasteiger partial charge in [0.15, 0.2) is 0 Å². The van der Waals surface area contributed by atoms with E-state index in [1.165, 1.54) is 29.3 Å². The van der Waals surface area contributed by atoms with E-state index in [0.717, 1.165) is 25.8 Å². The first-order valence-corrected chi connectivity index (χ1v) is 10.8. The van der Waals surface area contributed by atoms with Gasteiger partial charge in [0.05, 0.1) is 19.8 Å². The Hall–Kier alpha value is -3.06. The van der Waals surface area contributed by atoms with Crippen molar-refractivity contribution in [1.82, 2.24) is 19.8 Å². The number of H-pyrrole nitrogens is 1. The number of methoxy groups -OCH3 is 2. The van der Waals surface area contributed by atoms with Crippen molar-refractivity contribution in [2.75, 3.05) is 40.9 Å². The van der Waals surface area contributed by atoms with Crippen LogP contribution in [0.1, 0.15) is 34.5 Å². The van der Waals surface area contributed by atoms with Gasteiger partial charge in [-0.3, -0.25) is 9.69 Å². The fourth-order valence-electron chi connectivity index (χ4n) is 5.28. The lowest BCUT2D eigenvalue weighted by Crippen LogP contribution is -2.55. The number of ether oxygens (including phenoxy) is 2. The maximum Gasteiger partial charge on any atom is 0.259 e. The molecule has 162 valence electrons. The first-order chi connectivity index (χ1) is 15.1. The molecule has 0 aliphatic carbocycles. The van der Waals surface area contributed by atoms with Crippen LogP contribution in [0.2, 0.25) is 0 Å². The van der Waals surface area contributed by atoms with E-state index >= 15 is 0 Å². The number of aromatic nitrogens is 2. The van der Waals surface area contributed by atoms with Crippen LogP contribution < -0.4 is 9.47 Å². The first kappa shape index (κ1) is 19.9. The number of hydrogen-bond acceptors (Lipinski definition) is 5. The zero-order valence-corrected chi connectivity index (χ0v) is 18.3. The third-order valence-electron chi connectivity index (χ3n) is 7.05.